The van der Waals surface area contributed by atoms with E-state index in [2.05, 4.69) is 11.4 Å². The van der Waals surface area contributed by atoms with Gasteiger partial charge in [-0.25, -0.2) is 0 Å². The van der Waals surface area contributed by atoms with E-state index in [0.29, 0.717) is 36.8 Å². The average molecular weight is 418 g/mol. The van der Waals surface area contributed by atoms with Crippen LogP contribution in [0.4, 0.5) is 0 Å². The van der Waals surface area contributed by atoms with Crippen molar-refractivity contribution in [2.24, 2.45) is 0 Å². The van der Waals surface area contributed by atoms with Gasteiger partial charge in [0.15, 0.2) is 11.5 Å². The topological polar surface area (TPSA) is 67.8 Å². The predicted molar refractivity (Wildman–Crippen MR) is 116 cm³/mol. The number of aliphatic hydroxyl groups excluding tert-OH is 1. The molecule has 1 aliphatic rings. The zero-order valence-corrected chi connectivity index (χ0v) is 18.3. The number of ether oxygens (including phenoxy) is 2. The number of amides is 1. The van der Waals surface area contributed by atoms with Crippen LogP contribution in [0, 0.1) is 0 Å². The Morgan fingerprint density at radius 1 is 1.14 bits per heavy atom. The van der Waals surface area contributed by atoms with Crippen molar-refractivity contribution in [2.75, 3.05) is 19.8 Å². The lowest BCUT2D eigenvalue weighted by molar-refractivity contribution is 0.0943. The fourth-order valence-corrected chi connectivity index (χ4v) is 5.16. The van der Waals surface area contributed by atoms with Crippen molar-refractivity contribution in [3.05, 3.63) is 45.6 Å². The maximum absolute atomic E-state index is 12.9. The van der Waals surface area contributed by atoms with Crippen LogP contribution >= 0.6 is 11.3 Å². The summed E-state index contributed by atoms with van der Waals surface area (Å²) in [5.41, 5.74) is 0.530. The lowest BCUT2D eigenvalue weighted by Crippen LogP contribution is -2.38. The molecule has 5 nitrogen and oxygen atoms in total. The number of rotatable bonds is 9. The molecule has 0 saturated heterocycles. The Bertz CT molecular complexity index is 824. The van der Waals surface area contributed by atoms with Crippen LogP contribution in [0.5, 0.6) is 11.5 Å². The van der Waals surface area contributed by atoms with Gasteiger partial charge in [-0.15, -0.1) is 11.3 Å². The van der Waals surface area contributed by atoms with Crippen molar-refractivity contribution < 1.29 is 19.4 Å². The molecule has 1 atom stereocenters. The van der Waals surface area contributed by atoms with Crippen molar-refractivity contribution in [3.63, 3.8) is 0 Å². The first-order valence-electron chi connectivity index (χ1n) is 10.4. The second-order valence-electron chi connectivity index (χ2n) is 7.58. The van der Waals surface area contributed by atoms with Gasteiger partial charge >= 0.3 is 0 Å². The lowest BCUT2D eigenvalue weighted by Gasteiger charge is -2.28. The number of benzene rings is 1. The number of thiophene rings is 1. The smallest absolute Gasteiger partial charge is 0.251 e. The molecule has 1 amide bonds. The Morgan fingerprint density at radius 2 is 1.83 bits per heavy atom. The highest BCUT2D eigenvalue weighted by molar-refractivity contribution is 7.12. The van der Waals surface area contributed by atoms with E-state index in [0.717, 1.165) is 30.6 Å². The van der Waals surface area contributed by atoms with Crippen molar-refractivity contribution in [1.82, 2.24) is 5.32 Å². The summed E-state index contributed by atoms with van der Waals surface area (Å²) in [5, 5.41) is 13.0. The first-order valence-corrected chi connectivity index (χ1v) is 11.3. The molecule has 1 aromatic heterocycles. The molecule has 1 heterocycles. The molecule has 6 heteroatoms. The van der Waals surface area contributed by atoms with Gasteiger partial charge in [-0.2, -0.15) is 0 Å². The summed E-state index contributed by atoms with van der Waals surface area (Å²) in [7, 11) is 0. The van der Waals surface area contributed by atoms with Crippen LogP contribution in [0.2, 0.25) is 0 Å². The third-order valence-corrected chi connectivity index (χ3v) is 7.02. The average Bonchev–Trinajstić information content (AvgIpc) is 3.38. The summed E-state index contributed by atoms with van der Waals surface area (Å²) in [6, 6.07) is 9.45. The number of nitrogens with one attached hydrogen (secondary N) is 1. The molecular formula is C23H31NO4S. The summed E-state index contributed by atoms with van der Waals surface area (Å²) in [6.45, 7) is 7.28. The van der Waals surface area contributed by atoms with Crippen LogP contribution in [0.3, 0.4) is 0 Å². The van der Waals surface area contributed by atoms with Gasteiger partial charge in [0.1, 0.15) is 0 Å². The second kappa shape index (κ2) is 9.63. The van der Waals surface area contributed by atoms with E-state index in [-0.39, 0.29) is 11.3 Å². The molecular weight excluding hydrogens is 386 g/mol. The maximum atomic E-state index is 12.9. The quantitative estimate of drug-likeness (QED) is 0.613. The fraction of sp³-hybridized carbons (Fsp3) is 0.522. The highest BCUT2D eigenvalue weighted by Gasteiger charge is 2.37. The monoisotopic (exact) mass is 417 g/mol. The molecule has 2 aromatic rings. The molecule has 1 fully saturated rings. The largest absolute Gasteiger partial charge is 0.490 e. The Labute approximate surface area is 177 Å². The van der Waals surface area contributed by atoms with E-state index in [1.165, 1.54) is 4.88 Å². The minimum Gasteiger partial charge on any atom is -0.490 e. The maximum Gasteiger partial charge on any atom is 0.251 e. The van der Waals surface area contributed by atoms with Crippen LogP contribution in [-0.2, 0) is 5.41 Å². The number of hydrogen-bond acceptors (Lipinski definition) is 5. The molecule has 1 saturated carbocycles. The number of aliphatic hydroxyl groups is 1. The predicted octanol–water partition coefficient (Wildman–Crippen LogP) is 4.84. The van der Waals surface area contributed by atoms with Gasteiger partial charge in [0.05, 0.1) is 19.3 Å². The van der Waals surface area contributed by atoms with E-state index >= 15 is 0 Å². The van der Waals surface area contributed by atoms with E-state index < -0.39 is 6.10 Å². The van der Waals surface area contributed by atoms with Gasteiger partial charge < -0.3 is 19.9 Å². The molecule has 29 heavy (non-hydrogen) atoms. The zero-order chi connectivity index (χ0) is 20.9. The molecule has 3 rings (SSSR count). The Hall–Kier alpha value is -2.05. The number of carbonyl (C=O) groups excluding carboxylic acids is 1. The third kappa shape index (κ3) is 4.93. The Kier molecular flexibility index (Phi) is 7.19. The molecule has 2 N–H and O–H groups in total. The van der Waals surface area contributed by atoms with Crippen LogP contribution < -0.4 is 14.8 Å². The molecule has 0 radical (unpaired) electrons. The molecule has 0 aliphatic heterocycles. The fourth-order valence-electron chi connectivity index (χ4n) is 3.97. The van der Waals surface area contributed by atoms with Crippen molar-refractivity contribution >= 4 is 17.2 Å². The summed E-state index contributed by atoms with van der Waals surface area (Å²) in [5.74, 6) is 1.15. The molecule has 0 bridgehead atoms. The highest BCUT2D eigenvalue weighted by atomic mass is 32.1. The Morgan fingerprint density at radius 3 is 2.45 bits per heavy atom. The van der Waals surface area contributed by atoms with E-state index in [1.807, 2.05) is 19.9 Å². The molecule has 158 valence electrons. The summed E-state index contributed by atoms with van der Waals surface area (Å²) >= 11 is 1.66. The number of carbonyl (C=O) groups is 1. The van der Waals surface area contributed by atoms with Gasteiger partial charge in [0, 0.05) is 27.3 Å². The van der Waals surface area contributed by atoms with Crippen molar-refractivity contribution in [2.45, 2.75) is 58.0 Å². The first-order chi connectivity index (χ1) is 14.0. The van der Waals surface area contributed by atoms with Gasteiger partial charge in [-0.05, 0) is 63.9 Å². The van der Waals surface area contributed by atoms with Gasteiger partial charge in [-0.3, -0.25) is 4.79 Å². The molecule has 0 spiro atoms. The first kappa shape index (κ1) is 21.7. The third-order valence-electron chi connectivity index (χ3n) is 5.51. The zero-order valence-electron chi connectivity index (χ0n) is 17.5. The normalized spacial score (nSPS) is 16.4. The van der Waals surface area contributed by atoms with Gasteiger partial charge in [0.25, 0.3) is 5.91 Å². The van der Waals surface area contributed by atoms with E-state index in [1.54, 1.807) is 36.5 Å². The van der Waals surface area contributed by atoms with Gasteiger partial charge in [-0.1, -0.05) is 12.8 Å². The van der Waals surface area contributed by atoms with Crippen molar-refractivity contribution in [3.8, 4) is 11.5 Å². The second-order valence-corrected chi connectivity index (χ2v) is 8.69. The molecule has 1 aliphatic carbocycles. The van der Waals surface area contributed by atoms with Gasteiger partial charge in [0.2, 0.25) is 0 Å². The SMILES string of the molecule is CCOc1ccc(C(=O)NCC2(c3ccc(C(C)O)s3)CCCC2)cc1OCC. The Balaban J connectivity index is 1.74. The summed E-state index contributed by atoms with van der Waals surface area (Å²) < 4.78 is 11.2. The standard InChI is InChI=1S/C23H31NO4S/c1-4-27-18-9-8-17(14-19(18)28-5-2)22(26)24-15-23(12-6-7-13-23)21-11-10-20(29-21)16(3)25/h8-11,14,16,25H,4-7,12-13,15H2,1-3H3,(H,24,26). The van der Waals surface area contributed by atoms with Crippen LogP contribution in [0.1, 0.15) is 72.7 Å². The van der Waals surface area contributed by atoms with Crippen LogP contribution in [0.15, 0.2) is 30.3 Å². The van der Waals surface area contributed by atoms with Crippen LogP contribution in [-0.4, -0.2) is 30.8 Å². The van der Waals surface area contributed by atoms with E-state index in [4.69, 9.17) is 9.47 Å². The number of hydrogen-bond donors (Lipinski definition) is 2. The minimum atomic E-state index is -0.456. The highest BCUT2D eigenvalue weighted by Crippen LogP contribution is 2.44. The molecule has 1 aromatic carbocycles. The summed E-state index contributed by atoms with van der Waals surface area (Å²) in [6.07, 6.45) is 3.98. The van der Waals surface area contributed by atoms with Crippen molar-refractivity contribution in [1.29, 1.82) is 0 Å². The van der Waals surface area contributed by atoms with Crippen LogP contribution in [0.25, 0.3) is 0 Å². The van der Waals surface area contributed by atoms with E-state index in [9.17, 15) is 9.90 Å². The minimum absolute atomic E-state index is 0.0402. The summed E-state index contributed by atoms with van der Waals surface area (Å²) in [4.78, 5) is 15.1. The lowest BCUT2D eigenvalue weighted by atomic mass is 9.84. The molecule has 1 unspecified atom stereocenters.